The quantitative estimate of drug-likeness (QED) is 0.720. The van der Waals surface area contributed by atoms with Gasteiger partial charge >= 0.3 is 0 Å². The molecule has 0 saturated heterocycles. The summed E-state index contributed by atoms with van der Waals surface area (Å²) in [7, 11) is 3.66. The Hall–Kier alpha value is -1.10. The highest BCUT2D eigenvalue weighted by Gasteiger charge is 2.32. The fraction of sp³-hybridized carbons (Fsp3) is 0.846. The summed E-state index contributed by atoms with van der Waals surface area (Å²) in [5, 5.41) is 5.85. The number of rotatable bonds is 6. The van der Waals surface area contributed by atoms with E-state index in [1.54, 1.807) is 11.9 Å². The third kappa shape index (κ3) is 4.29. The summed E-state index contributed by atoms with van der Waals surface area (Å²) in [5.74, 6) is 0.216. The molecule has 1 unspecified atom stereocenters. The molecule has 1 fully saturated rings. The van der Waals surface area contributed by atoms with Gasteiger partial charge in [0.2, 0.25) is 11.8 Å². The molecule has 1 atom stereocenters. The van der Waals surface area contributed by atoms with Gasteiger partial charge in [0, 0.05) is 27.1 Å². The number of nitrogens with zero attached hydrogens (tertiary/aromatic N) is 1. The van der Waals surface area contributed by atoms with Crippen molar-refractivity contribution in [3.05, 3.63) is 0 Å². The van der Waals surface area contributed by atoms with E-state index in [1.165, 1.54) is 6.92 Å². The lowest BCUT2D eigenvalue weighted by Crippen LogP contribution is -2.51. The number of amides is 2. The van der Waals surface area contributed by atoms with Crippen molar-refractivity contribution in [3.63, 3.8) is 0 Å². The average Bonchev–Trinajstić information content (AvgIpc) is 2.85. The normalized spacial score (nSPS) is 17.5. The Kier molecular flexibility index (Phi) is 6.12. The van der Waals surface area contributed by atoms with Crippen LogP contribution in [0.4, 0.5) is 0 Å². The lowest BCUT2D eigenvalue weighted by atomic mass is 9.96. The van der Waals surface area contributed by atoms with Crippen molar-refractivity contribution in [3.8, 4) is 0 Å². The average molecular weight is 255 g/mol. The Labute approximate surface area is 109 Å². The van der Waals surface area contributed by atoms with Crippen LogP contribution in [0.25, 0.3) is 0 Å². The number of carbonyl (C=O) groups excluding carboxylic acids is 2. The fourth-order valence-electron chi connectivity index (χ4n) is 2.52. The van der Waals surface area contributed by atoms with Crippen LogP contribution >= 0.6 is 0 Å². The summed E-state index contributed by atoms with van der Waals surface area (Å²) in [6.45, 7) is 2.90. The Balaban J connectivity index is 2.62. The Bertz CT molecular complexity index is 288. The molecular weight excluding hydrogens is 230 g/mol. The van der Waals surface area contributed by atoms with E-state index in [9.17, 15) is 9.59 Å². The maximum Gasteiger partial charge on any atom is 0.245 e. The first-order valence-electron chi connectivity index (χ1n) is 6.73. The molecule has 2 N–H and O–H groups in total. The summed E-state index contributed by atoms with van der Waals surface area (Å²) >= 11 is 0. The van der Waals surface area contributed by atoms with Crippen molar-refractivity contribution < 1.29 is 9.59 Å². The van der Waals surface area contributed by atoms with Crippen molar-refractivity contribution >= 4 is 11.8 Å². The SMILES string of the molecule is CNCCN(C)C(=O)C(NC(C)=O)C1CCCC1. The van der Waals surface area contributed by atoms with Gasteiger partial charge in [-0.05, 0) is 25.8 Å². The van der Waals surface area contributed by atoms with E-state index >= 15 is 0 Å². The van der Waals surface area contributed by atoms with E-state index in [4.69, 9.17) is 0 Å². The molecule has 5 heteroatoms. The third-order valence-electron chi connectivity index (χ3n) is 3.57. The minimum Gasteiger partial charge on any atom is -0.344 e. The van der Waals surface area contributed by atoms with Crippen LogP contribution in [-0.4, -0.2) is 49.9 Å². The van der Waals surface area contributed by atoms with Gasteiger partial charge in [0.1, 0.15) is 6.04 Å². The molecule has 18 heavy (non-hydrogen) atoms. The molecular formula is C13H25N3O2. The van der Waals surface area contributed by atoms with Crippen molar-refractivity contribution in [2.75, 3.05) is 27.2 Å². The van der Waals surface area contributed by atoms with E-state index in [-0.39, 0.29) is 17.9 Å². The molecule has 0 spiro atoms. The second-order valence-electron chi connectivity index (χ2n) is 5.09. The van der Waals surface area contributed by atoms with Crippen LogP contribution in [0, 0.1) is 5.92 Å². The molecule has 0 aromatic rings. The maximum absolute atomic E-state index is 12.4. The highest BCUT2D eigenvalue weighted by molar-refractivity contribution is 5.87. The van der Waals surface area contributed by atoms with Gasteiger partial charge in [-0.1, -0.05) is 12.8 Å². The number of hydrogen-bond acceptors (Lipinski definition) is 3. The van der Waals surface area contributed by atoms with Gasteiger partial charge in [-0.3, -0.25) is 9.59 Å². The van der Waals surface area contributed by atoms with Crippen LogP contribution in [0.1, 0.15) is 32.6 Å². The lowest BCUT2D eigenvalue weighted by molar-refractivity contribution is -0.136. The molecule has 0 radical (unpaired) electrons. The molecule has 104 valence electrons. The van der Waals surface area contributed by atoms with Crippen LogP contribution in [0.5, 0.6) is 0 Å². The monoisotopic (exact) mass is 255 g/mol. The zero-order valence-electron chi connectivity index (χ0n) is 11.7. The topological polar surface area (TPSA) is 61.4 Å². The van der Waals surface area contributed by atoms with Crippen LogP contribution in [0.15, 0.2) is 0 Å². The zero-order valence-corrected chi connectivity index (χ0v) is 11.7. The molecule has 1 saturated carbocycles. The minimum atomic E-state index is -0.341. The van der Waals surface area contributed by atoms with Gasteiger partial charge in [-0.15, -0.1) is 0 Å². The van der Waals surface area contributed by atoms with Gasteiger partial charge in [-0.2, -0.15) is 0 Å². The molecule has 0 heterocycles. The number of likely N-dealkylation sites (N-methyl/N-ethyl adjacent to an activating group) is 2. The number of carbonyl (C=O) groups is 2. The molecule has 0 aliphatic heterocycles. The summed E-state index contributed by atoms with van der Waals surface area (Å²) in [6, 6.07) is -0.341. The van der Waals surface area contributed by atoms with Crippen LogP contribution < -0.4 is 10.6 Å². The van der Waals surface area contributed by atoms with Gasteiger partial charge in [0.25, 0.3) is 0 Å². The second-order valence-corrected chi connectivity index (χ2v) is 5.09. The van der Waals surface area contributed by atoms with E-state index in [0.717, 1.165) is 32.2 Å². The predicted molar refractivity (Wildman–Crippen MR) is 71.1 cm³/mol. The van der Waals surface area contributed by atoms with Crippen LogP contribution in [0.2, 0.25) is 0 Å². The minimum absolute atomic E-state index is 0.0346. The molecule has 1 aliphatic carbocycles. The third-order valence-corrected chi connectivity index (χ3v) is 3.57. The fourth-order valence-corrected chi connectivity index (χ4v) is 2.52. The van der Waals surface area contributed by atoms with Crippen LogP contribution in [-0.2, 0) is 9.59 Å². The Morgan fingerprint density at radius 3 is 2.44 bits per heavy atom. The predicted octanol–water partition coefficient (Wildman–Crippen LogP) is 0.359. The van der Waals surface area contributed by atoms with Gasteiger partial charge < -0.3 is 15.5 Å². The van der Waals surface area contributed by atoms with Gasteiger partial charge in [0.05, 0.1) is 0 Å². The van der Waals surface area contributed by atoms with E-state index in [0.29, 0.717) is 12.5 Å². The molecule has 0 aromatic heterocycles. The van der Waals surface area contributed by atoms with Crippen molar-refractivity contribution in [2.45, 2.75) is 38.6 Å². The standard InChI is InChI=1S/C13H25N3O2/c1-10(17)15-12(11-6-4-5-7-11)13(18)16(3)9-8-14-2/h11-12,14H,4-9H2,1-3H3,(H,15,17). The zero-order chi connectivity index (χ0) is 13.5. The maximum atomic E-state index is 12.4. The first kappa shape index (κ1) is 15.0. The Morgan fingerprint density at radius 1 is 1.33 bits per heavy atom. The summed E-state index contributed by atoms with van der Waals surface area (Å²) in [6.07, 6.45) is 4.40. The van der Waals surface area contributed by atoms with Crippen molar-refractivity contribution in [2.24, 2.45) is 5.92 Å². The van der Waals surface area contributed by atoms with Crippen molar-refractivity contribution in [1.29, 1.82) is 0 Å². The van der Waals surface area contributed by atoms with E-state index in [2.05, 4.69) is 10.6 Å². The van der Waals surface area contributed by atoms with Crippen molar-refractivity contribution in [1.82, 2.24) is 15.5 Å². The highest BCUT2D eigenvalue weighted by Crippen LogP contribution is 2.28. The summed E-state index contributed by atoms with van der Waals surface area (Å²) < 4.78 is 0. The first-order chi connectivity index (χ1) is 8.56. The van der Waals surface area contributed by atoms with E-state index in [1.807, 2.05) is 7.05 Å². The second kappa shape index (κ2) is 7.36. The highest BCUT2D eigenvalue weighted by atomic mass is 16.2. The largest absolute Gasteiger partial charge is 0.344 e. The summed E-state index contributed by atoms with van der Waals surface area (Å²) in [5.41, 5.74) is 0. The molecule has 1 rings (SSSR count). The van der Waals surface area contributed by atoms with Gasteiger partial charge in [-0.25, -0.2) is 0 Å². The molecule has 1 aliphatic rings. The summed E-state index contributed by atoms with van der Waals surface area (Å²) in [4.78, 5) is 25.3. The molecule has 5 nitrogen and oxygen atoms in total. The lowest BCUT2D eigenvalue weighted by Gasteiger charge is -2.28. The van der Waals surface area contributed by atoms with E-state index < -0.39 is 0 Å². The Morgan fingerprint density at radius 2 is 1.94 bits per heavy atom. The molecule has 2 amide bonds. The van der Waals surface area contributed by atoms with Crippen LogP contribution in [0.3, 0.4) is 0 Å². The molecule has 0 aromatic carbocycles. The smallest absolute Gasteiger partial charge is 0.245 e. The molecule has 0 bridgehead atoms. The number of nitrogens with one attached hydrogen (secondary N) is 2. The first-order valence-corrected chi connectivity index (χ1v) is 6.73. The van der Waals surface area contributed by atoms with Gasteiger partial charge in [0.15, 0.2) is 0 Å². The number of hydrogen-bond donors (Lipinski definition) is 2.